The molecule has 1 atom stereocenters. The van der Waals surface area contributed by atoms with Gasteiger partial charge in [-0.1, -0.05) is 0 Å². The molecule has 6 nitrogen and oxygen atoms in total. The van der Waals surface area contributed by atoms with Crippen molar-refractivity contribution >= 4 is 23.6 Å². The topological polar surface area (TPSA) is 67.2 Å². The van der Waals surface area contributed by atoms with Gasteiger partial charge in [-0.05, 0) is 12.0 Å². The Bertz CT molecular complexity index is 576. The summed E-state index contributed by atoms with van der Waals surface area (Å²) in [7, 11) is 1.77. The molecule has 128 valence electrons. The summed E-state index contributed by atoms with van der Waals surface area (Å²) >= 11 is 1.35. The predicted molar refractivity (Wildman–Crippen MR) is 78.6 cm³/mol. The maximum Gasteiger partial charge on any atom is 0.405 e. The largest absolute Gasteiger partial charge is 0.405 e. The van der Waals surface area contributed by atoms with Crippen molar-refractivity contribution < 1.29 is 22.8 Å². The van der Waals surface area contributed by atoms with Crippen LogP contribution >= 0.6 is 11.8 Å². The van der Waals surface area contributed by atoms with E-state index in [4.69, 9.17) is 0 Å². The molecule has 10 heteroatoms. The molecule has 1 aromatic heterocycles. The molecule has 0 bridgehead atoms. The molecule has 2 amide bonds. The van der Waals surface area contributed by atoms with Gasteiger partial charge >= 0.3 is 6.18 Å². The zero-order valence-electron chi connectivity index (χ0n) is 12.5. The first-order valence-electron chi connectivity index (χ1n) is 6.95. The van der Waals surface area contributed by atoms with Crippen molar-refractivity contribution in [3.8, 4) is 0 Å². The number of carbonyl (C=O) groups is 2. The fourth-order valence-electron chi connectivity index (χ4n) is 2.21. The average molecular weight is 350 g/mol. The highest BCUT2D eigenvalue weighted by Gasteiger charge is 2.36. The van der Waals surface area contributed by atoms with Crippen LogP contribution in [-0.4, -0.2) is 56.9 Å². The Hall–Kier alpha value is -1.71. The van der Waals surface area contributed by atoms with Crippen LogP contribution in [0.2, 0.25) is 0 Å². The molecule has 0 aromatic carbocycles. The third-order valence-electron chi connectivity index (χ3n) is 3.35. The van der Waals surface area contributed by atoms with Gasteiger partial charge in [0.1, 0.15) is 12.6 Å². The van der Waals surface area contributed by atoms with Crippen LogP contribution in [-0.2, 0) is 23.1 Å². The lowest BCUT2D eigenvalue weighted by Crippen LogP contribution is -2.49. The van der Waals surface area contributed by atoms with Gasteiger partial charge in [0, 0.05) is 25.4 Å². The number of thioether (sulfide) groups is 1. The Morgan fingerprint density at radius 3 is 2.83 bits per heavy atom. The second kappa shape index (κ2) is 7.24. The van der Waals surface area contributed by atoms with Gasteiger partial charge in [-0.2, -0.15) is 18.3 Å². The van der Waals surface area contributed by atoms with Crippen molar-refractivity contribution in [3.63, 3.8) is 0 Å². The maximum atomic E-state index is 12.2. The normalized spacial score (nSPS) is 18.3. The second-order valence-electron chi connectivity index (χ2n) is 5.23. The summed E-state index contributed by atoms with van der Waals surface area (Å²) in [6, 6.07) is -0.844. The first-order chi connectivity index (χ1) is 10.8. The number of alkyl halides is 3. The number of amides is 2. The number of aryl methyl sites for hydroxylation is 2. The van der Waals surface area contributed by atoms with Gasteiger partial charge in [-0.3, -0.25) is 14.3 Å². The smallest absolute Gasteiger partial charge is 0.345 e. The molecule has 2 heterocycles. The van der Waals surface area contributed by atoms with E-state index in [9.17, 15) is 22.8 Å². The molecule has 1 saturated heterocycles. The Kier molecular flexibility index (Phi) is 5.55. The van der Waals surface area contributed by atoms with Crippen molar-refractivity contribution in [2.24, 2.45) is 7.05 Å². The summed E-state index contributed by atoms with van der Waals surface area (Å²) in [4.78, 5) is 25.4. The molecule has 1 fully saturated rings. The molecule has 1 N–H and O–H groups in total. The Morgan fingerprint density at radius 2 is 2.22 bits per heavy atom. The van der Waals surface area contributed by atoms with Crippen LogP contribution in [0.1, 0.15) is 12.0 Å². The molecule has 2 rings (SSSR count). The minimum atomic E-state index is -4.46. The number of aromatic nitrogens is 2. The van der Waals surface area contributed by atoms with Gasteiger partial charge in [0.15, 0.2) is 0 Å². The average Bonchev–Trinajstić information content (AvgIpc) is 3.10. The highest BCUT2D eigenvalue weighted by atomic mass is 32.2. The molecule has 1 aromatic rings. The van der Waals surface area contributed by atoms with Crippen LogP contribution in [0.3, 0.4) is 0 Å². The molecule has 0 aliphatic carbocycles. The van der Waals surface area contributed by atoms with Crippen molar-refractivity contribution in [1.82, 2.24) is 20.0 Å². The molecular formula is C13H17F3N4O2S. The Labute approximate surface area is 135 Å². The lowest BCUT2D eigenvalue weighted by molar-refractivity contribution is -0.144. The first kappa shape index (κ1) is 17.6. The summed E-state index contributed by atoms with van der Waals surface area (Å²) in [6.45, 7) is -1.38. The minimum Gasteiger partial charge on any atom is -0.345 e. The highest BCUT2D eigenvalue weighted by molar-refractivity contribution is 7.99. The van der Waals surface area contributed by atoms with E-state index in [0.717, 1.165) is 5.56 Å². The molecule has 1 aliphatic heterocycles. The van der Waals surface area contributed by atoms with Gasteiger partial charge in [0.2, 0.25) is 11.8 Å². The zero-order chi connectivity index (χ0) is 17.0. The van der Waals surface area contributed by atoms with Crippen molar-refractivity contribution in [2.45, 2.75) is 25.1 Å². The van der Waals surface area contributed by atoms with Crippen LogP contribution < -0.4 is 5.32 Å². The number of halogens is 3. The third-order valence-corrected chi connectivity index (χ3v) is 4.37. The summed E-state index contributed by atoms with van der Waals surface area (Å²) < 4.78 is 38.1. The molecule has 0 saturated carbocycles. The van der Waals surface area contributed by atoms with Crippen LogP contribution in [0.5, 0.6) is 0 Å². The molecule has 23 heavy (non-hydrogen) atoms. The SMILES string of the molecule is Cn1cc(CCC(=O)N2CSC[C@@H]2C(=O)NCC(F)(F)F)cn1. The number of nitrogens with one attached hydrogen (secondary N) is 1. The quantitative estimate of drug-likeness (QED) is 0.858. The van der Waals surface area contributed by atoms with E-state index in [1.165, 1.54) is 16.7 Å². The van der Waals surface area contributed by atoms with Crippen LogP contribution in [0.25, 0.3) is 0 Å². The Morgan fingerprint density at radius 1 is 1.48 bits per heavy atom. The summed E-state index contributed by atoms with van der Waals surface area (Å²) in [5.41, 5.74) is 0.894. The minimum absolute atomic E-state index is 0.190. The fraction of sp³-hybridized carbons (Fsp3) is 0.615. The first-order valence-corrected chi connectivity index (χ1v) is 8.11. The predicted octanol–water partition coefficient (Wildman–Crippen LogP) is 0.933. The monoisotopic (exact) mass is 350 g/mol. The van der Waals surface area contributed by atoms with Crippen molar-refractivity contribution in [3.05, 3.63) is 18.0 Å². The van der Waals surface area contributed by atoms with Gasteiger partial charge in [-0.25, -0.2) is 0 Å². The molecule has 0 unspecified atom stereocenters. The van der Waals surface area contributed by atoms with Crippen molar-refractivity contribution in [1.29, 1.82) is 0 Å². The van der Waals surface area contributed by atoms with Gasteiger partial charge < -0.3 is 10.2 Å². The lowest BCUT2D eigenvalue weighted by atomic mass is 10.1. The van der Waals surface area contributed by atoms with Gasteiger partial charge in [-0.15, -0.1) is 11.8 Å². The zero-order valence-corrected chi connectivity index (χ0v) is 13.3. The molecule has 0 spiro atoms. The number of hydrogen-bond acceptors (Lipinski definition) is 4. The van der Waals surface area contributed by atoms with Crippen molar-refractivity contribution in [2.75, 3.05) is 18.2 Å². The Balaban J connectivity index is 1.87. The maximum absolute atomic E-state index is 12.2. The van der Waals surface area contributed by atoms with Gasteiger partial charge in [0.05, 0.1) is 12.1 Å². The van der Waals surface area contributed by atoms with E-state index in [2.05, 4.69) is 5.10 Å². The summed E-state index contributed by atoms with van der Waals surface area (Å²) in [5.74, 6) is -0.383. The summed E-state index contributed by atoms with van der Waals surface area (Å²) in [6.07, 6.45) is -0.352. The van der Waals surface area contributed by atoms with Gasteiger partial charge in [0.25, 0.3) is 0 Å². The summed E-state index contributed by atoms with van der Waals surface area (Å²) in [5, 5.41) is 5.84. The van der Waals surface area contributed by atoms with E-state index in [1.807, 2.05) is 5.32 Å². The fourth-order valence-corrected chi connectivity index (χ4v) is 3.39. The van der Waals surface area contributed by atoms with E-state index in [0.29, 0.717) is 18.1 Å². The number of rotatable bonds is 5. The lowest BCUT2D eigenvalue weighted by Gasteiger charge is -2.23. The van der Waals surface area contributed by atoms with E-state index in [1.54, 1.807) is 24.1 Å². The van der Waals surface area contributed by atoms with Crippen LogP contribution in [0.15, 0.2) is 12.4 Å². The third kappa shape index (κ3) is 5.15. The molecular weight excluding hydrogens is 333 g/mol. The highest BCUT2D eigenvalue weighted by Crippen LogP contribution is 2.23. The standard InChI is InChI=1S/C13H17F3N4O2S/c1-19-5-9(4-18-19)2-3-11(21)20-8-23-6-10(20)12(22)17-7-13(14,15)16/h4-5,10H,2-3,6-8H2,1H3,(H,17,22)/t10-/m1/s1. The molecule has 0 radical (unpaired) electrons. The second-order valence-corrected chi connectivity index (χ2v) is 6.23. The molecule has 1 aliphatic rings. The van der Waals surface area contributed by atoms with Crippen LogP contribution in [0.4, 0.5) is 13.2 Å². The van der Waals surface area contributed by atoms with Crippen LogP contribution in [0, 0.1) is 0 Å². The van der Waals surface area contributed by atoms with E-state index >= 15 is 0 Å². The number of carbonyl (C=O) groups excluding carboxylic acids is 2. The van der Waals surface area contributed by atoms with E-state index in [-0.39, 0.29) is 12.3 Å². The number of hydrogen-bond donors (Lipinski definition) is 1. The van der Waals surface area contributed by atoms with E-state index < -0.39 is 24.7 Å². The number of nitrogens with zero attached hydrogens (tertiary/aromatic N) is 3.